The van der Waals surface area contributed by atoms with E-state index in [-0.39, 0.29) is 0 Å². The Morgan fingerprint density at radius 2 is 1.88 bits per heavy atom. The van der Waals surface area contributed by atoms with Crippen molar-refractivity contribution in [2.45, 2.75) is 64.8 Å². The summed E-state index contributed by atoms with van der Waals surface area (Å²) in [5, 5.41) is 0. The molecular weight excluding hydrogens is 208 g/mol. The molecule has 0 saturated carbocycles. The van der Waals surface area contributed by atoms with Crippen LogP contribution in [0.25, 0.3) is 0 Å². The zero-order valence-corrected chi connectivity index (χ0v) is 11.7. The zero-order valence-electron chi connectivity index (χ0n) is 11.7. The monoisotopic (exact) mass is 237 g/mol. The second-order valence-electron chi connectivity index (χ2n) is 5.58. The Bertz CT molecular complexity index is 215. The maximum Gasteiger partial charge on any atom is 0.0564 e. The molecule has 17 heavy (non-hydrogen) atoms. The molecule has 0 aromatic rings. The molecule has 2 rings (SSSR count). The van der Waals surface area contributed by atoms with Gasteiger partial charge in [-0.05, 0) is 58.3 Å². The van der Waals surface area contributed by atoms with Gasteiger partial charge in [-0.25, -0.2) is 0 Å². The van der Waals surface area contributed by atoms with Gasteiger partial charge in [0.1, 0.15) is 0 Å². The molecule has 2 aliphatic rings. The largest absolute Gasteiger partial charge is 0.299 e. The lowest BCUT2D eigenvalue weighted by Gasteiger charge is -2.46. The first kappa shape index (κ1) is 13.4. The van der Waals surface area contributed by atoms with Crippen molar-refractivity contribution in [1.29, 1.82) is 0 Å². The van der Waals surface area contributed by atoms with Crippen LogP contribution in [0.5, 0.6) is 0 Å². The molecule has 2 saturated heterocycles. The van der Waals surface area contributed by atoms with Crippen molar-refractivity contribution in [2.24, 2.45) is 0 Å². The first-order valence-corrected chi connectivity index (χ1v) is 7.71. The highest BCUT2D eigenvalue weighted by molar-refractivity contribution is 5.04. The van der Waals surface area contributed by atoms with Crippen LogP contribution in [-0.2, 0) is 0 Å². The number of nitrogens with zero attached hydrogens (tertiary/aromatic N) is 2. The standard InChI is InChI=1S/C15H29N2/c1-3-11-17-13-8-6-10-15(17)14-9-5-7-12-16(14)4-2/h14H,3-13H2,1-2H3. The van der Waals surface area contributed by atoms with E-state index >= 15 is 0 Å². The molecule has 2 nitrogen and oxygen atoms in total. The third kappa shape index (κ3) is 3.23. The van der Waals surface area contributed by atoms with Crippen LogP contribution in [0.4, 0.5) is 0 Å². The molecule has 2 heterocycles. The smallest absolute Gasteiger partial charge is 0.0564 e. The Labute approximate surface area is 107 Å². The Morgan fingerprint density at radius 3 is 2.65 bits per heavy atom. The maximum absolute atomic E-state index is 2.72. The Balaban J connectivity index is 2.00. The molecule has 0 aromatic carbocycles. The summed E-state index contributed by atoms with van der Waals surface area (Å²) in [6, 6.07) is 2.56. The van der Waals surface area contributed by atoms with E-state index in [1.54, 1.807) is 6.04 Å². The normalized spacial score (nSPS) is 29.6. The second kappa shape index (κ2) is 6.75. The lowest BCUT2D eigenvalue weighted by Crippen LogP contribution is -2.50. The fourth-order valence-electron chi connectivity index (χ4n) is 3.56. The molecular formula is C15H29N2. The number of likely N-dealkylation sites (N-methyl/N-ethyl adjacent to an activating group) is 1. The van der Waals surface area contributed by atoms with Gasteiger partial charge in [0.05, 0.1) is 6.04 Å². The highest BCUT2D eigenvalue weighted by Gasteiger charge is 2.34. The zero-order chi connectivity index (χ0) is 12.1. The molecule has 0 bridgehead atoms. The average molecular weight is 237 g/mol. The van der Waals surface area contributed by atoms with E-state index in [9.17, 15) is 0 Å². The number of hydrogen-bond acceptors (Lipinski definition) is 2. The minimum Gasteiger partial charge on any atom is -0.299 e. The van der Waals surface area contributed by atoms with Gasteiger partial charge >= 0.3 is 0 Å². The molecule has 2 aliphatic heterocycles. The number of rotatable bonds is 4. The van der Waals surface area contributed by atoms with Gasteiger partial charge in [-0.15, -0.1) is 0 Å². The van der Waals surface area contributed by atoms with Crippen LogP contribution in [0, 0.1) is 6.04 Å². The van der Waals surface area contributed by atoms with Gasteiger partial charge in [-0.3, -0.25) is 9.80 Å². The van der Waals surface area contributed by atoms with Gasteiger partial charge in [-0.1, -0.05) is 26.7 Å². The van der Waals surface area contributed by atoms with Crippen molar-refractivity contribution in [2.75, 3.05) is 26.2 Å². The third-order valence-corrected chi connectivity index (χ3v) is 4.42. The highest BCUT2D eigenvalue weighted by atomic mass is 15.2. The fraction of sp³-hybridized carbons (Fsp3) is 0.933. The number of piperidine rings is 2. The minimum atomic E-state index is 0.778. The van der Waals surface area contributed by atoms with E-state index in [0.29, 0.717) is 0 Å². The Kier molecular flexibility index (Phi) is 5.30. The van der Waals surface area contributed by atoms with Gasteiger partial charge in [0, 0.05) is 6.04 Å². The molecule has 2 heteroatoms. The summed E-state index contributed by atoms with van der Waals surface area (Å²) in [6.07, 6.45) is 9.73. The molecule has 1 radical (unpaired) electrons. The van der Waals surface area contributed by atoms with Crippen molar-refractivity contribution in [1.82, 2.24) is 9.80 Å². The molecule has 1 unspecified atom stereocenters. The van der Waals surface area contributed by atoms with Gasteiger partial charge in [0.25, 0.3) is 0 Å². The van der Waals surface area contributed by atoms with Gasteiger partial charge in [-0.2, -0.15) is 0 Å². The van der Waals surface area contributed by atoms with E-state index in [0.717, 1.165) is 6.04 Å². The summed E-state index contributed by atoms with van der Waals surface area (Å²) in [5.41, 5.74) is 0. The molecule has 0 aliphatic carbocycles. The van der Waals surface area contributed by atoms with Crippen molar-refractivity contribution in [3.8, 4) is 0 Å². The van der Waals surface area contributed by atoms with E-state index < -0.39 is 0 Å². The third-order valence-electron chi connectivity index (χ3n) is 4.42. The molecule has 2 fully saturated rings. The van der Waals surface area contributed by atoms with E-state index in [4.69, 9.17) is 0 Å². The summed E-state index contributed by atoms with van der Waals surface area (Å²) in [6.45, 7) is 9.79. The van der Waals surface area contributed by atoms with Gasteiger partial charge < -0.3 is 0 Å². The first-order valence-electron chi connectivity index (χ1n) is 7.71. The highest BCUT2D eigenvalue weighted by Crippen LogP contribution is 2.33. The summed E-state index contributed by atoms with van der Waals surface area (Å²) >= 11 is 0. The summed E-state index contributed by atoms with van der Waals surface area (Å²) in [4.78, 5) is 5.43. The van der Waals surface area contributed by atoms with Crippen LogP contribution in [0.3, 0.4) is 0 Å². The van der Waals surface area contributed by atoms with E-state index in [2.05, 4.69) is 23.6 Å². The van der Waals surface area contributed by atoms with Crippen LogP contribution in [0.1, 0.15) is 58.8 Å². The average Bonchev–Trinajstić information content (AvgIpc) is 2.40. The van der Waals surface area contributed by atoms with Gasteiger partial charge in [0.2, 0.25) is 0 Å². The number of likely N-dealkylation sites (tertiary alicyclic amines) is 2. The van der Waals surface area contributed by atoms with Crippen LogP contribution in [0.15, 0.2) is 0 Å². The number of hydrogen-bond donors (Lipinski definition) is 0. The minimum absolute atomic E-state index is 0.778. The summed E-state index contributed by atoms with van der Waals surface area (Å²) in [7, 11) is 0. The molecule has 0 aromatic heterocycles. The van der Waals surface area contributed by atoms with Crippen molar-refractivity contribution in [3.63, 3.8) is 0 Å². The van der Waals surface area contributed by atoms with Crippen molar-refractivity contribution < 1.29 is 0 Å². The molecule has 1 atom stereocenters. The van der Waals surface area contributed by atoms with E-state index in [1.165, 1.54) is 71.1 Å². The van der Waals surface area contributed by atoms with Crippen LogP contribution < -0.4 is 0 Å². The Hall–Kier alpha value is -0.0800. The molecule has 0 amide bonds. The van der Waals surface area contributed by atoms with Crippen LogP contribution in [0.2, 0.25) is 0 Å². The molecule has 0 N–H and O–H groups in total. The van der Waals surface area contributed by atoms with Crippen LogP contribution >= 0.6 is 0 Å². The van der Waals surface area contributed by atoms with Crippen molar-refractivity contribution in [3.05, 3.63) is 6.04 Å². The summed E-state index contributed by atoms with van der Waals surface area (Å²) in [5.74, 6) is 0. The fourth-order valence-corrected chi connectivity index (χ4v) is 3.56. The second-order valence-corrected chi connectivity index (χ2v) is 5.58. The predicted octanol–water partition coefficient (Wildman–Crippen LogP) is 3.29. The quantitative estimate of drug-likeness (QED) is 0.740. The van der Waals surface area contributed by atoms with Crippen molar-refractivity contribution >= 4 is 0 Å². The maximum atomic E-state index is 2.72. The summed E-state index contributed by atoms with van der Waals surface area (Å²) < 4.78 is 0. The van der Waals surface area contributed by atoms with E-state index in [1.807, 2.05) is 0 Å². The molecule has 0 spiro atoms. The predicted molar refractivity (Wildman–Crippen MR) is 73.8 cm³/mol. The Morgan fingerprint density at radius 1 is 1.06 bits per heavy atom. The van der Waals surface area contributed by atoms with Gasteiger partial charge in [0.15, 0.2) is 0 Å². The topological polar surface area (TPSA) is 6.48 Å². The lowest BCUT2D eigenvalue weighted by atomic mass is 9.88. The molecule has 99 valence electrons. The SMILES string of the molecule is CCCN1CCCC[C]1C1CCCCN1CC. The first-order chi connectivity index (χ1) is 8.36. The lowest BCUT2D eigenvalue weighted by molar-refractivity contribution is 0.0929. The van der Waals surface area contributed by atoms with Crippen LogP contribution in [-0.4, -0.2) is 42.0 Å².